The Morgan fingerprint density at radius 3 is 2.59 bits per heavy atom. The number of amides is 3. The van der Waals surface area contributed by atoms with Gasteiger partial charge in [0.05, 0.1) is 19.3 Å². The van der Waals surface area contributed by atoms with Gasteiger partial charge in [0.15, 0.2) is 0 Å². The van der Waals surface area contributed by atoms with Crippen molar-refractivity contribution in [2.75, 3.05) is 58.4 Å². The number of piperazine rings is 1. The van der Waals surface area contributed by atoms with E-state index in [1.54, 1.807) is 0 Å². The first-order valence-corrected chi connectivity index (χ1v) is 11.4. The van der Waals surface area contributed by atoms with Gasteiger partial charge < -0.3 is 25.2 Å². The minimum Gasteiger partial charge on any atom is -0.378 e. The molecule has 3 saturated heterocycles. The van der Waals surface area contributed by atoms with Crippen LogP contribution >= 0.6 is 0 Å². The predicted octanol–water partition coefficient (Wildman–Crippen LogP) is 0.0627. The highest BCUT2D eigenvalue weighted by atomic mass is 16.5. The summed E-state index contributed by atoms with van der Waals surface area (Å²) in [4.78, 5) is 43.7. The molecule has 3 atom stereocenters. The summed E-state index contributed by atoms with van der Waals surface area (Å²) < 4.78 is 5.32. The third-order valence-corrected chi connectivity index (χ3v) is 6.66. The van der Waals surface area contributed by atoms with Gasteiger partial charge in [-0.1, -0.05) is 0 Å². The normalized spacial score (nSPS) is 25.8. The van der Waals surface area contributed by atoms with Gasteiger partial charge in [0.2, 0.25) is 11.8 Å². The summed E-state index contributed by atoms with van der Waals surface area (Å²) in [6.45, 7) is 3.65. The maximum atomic E-state index is 12.7. The molecule has 3 unspecified atom stereocenters. The molecule has 0 saturated carbocycles. The Kier molecular flexibility index (Phi) is 6.95. The van der Waals surface area contributed by atoms with Gasteiger partial charge >= 0.3 is 0 Å². The topological polar surface area (TPSA) is 94.2 Å². The molecule has 1 aromatic rings. The fraction of sp³-hybridized carbons (Fsp3) is 0.609. The first-order valence-electron chi connectivity index (χ1n) is 11.4. The molecule has 0 spiro atoms. The van der Waals surface area contributed by atoms with Crippen molar-refractivity contribution in [1.29, 1.82) is 0 Å². The maximum absolute atomic E-state index is 12.7. The van der Waals surface area contributed by atoms with Gasteiger partial charge in [0.1, 0.15) is 0 Å². The lowest BCUT2D eigenvalue weighted by molar-refractivity contribution is -0.136. The molecule has 3 aliphatic rings. The largest absolute Gasteiger partial charge is 0.378 e. The van der Waals surface area contributed by atoms with Crippen molar-refractivity contribution in [2.45, 2.75) is 37.4 Å². The average Bonchev–Trinajstić information content (AvgIpc) is 3.23. The van der Waals surface area contributed by atoms with Crippen molar-refractivity contribution in [1.82, 2.24) is 20.4 Å². The van der Waals surface area contributed by atoms with Gasteiger partial charge in [-0.25, -0.2) is 0 Å². The highest BCUT2D eigenvalue weighted by Gasteiger charge is 2.43. The predicted molar refractivity (Wildman–Crippen MR) is 121 cm³/mol. The van der Waals surface area contributed by atoms with Crippen molar-refractivity contribution in [3.05, 3.63) is 29.8 Å². The van der Waals surface area contributed by atoms with Gasteiger partial charge in [-0.3, -0.25) is 19.3 Å². The van der Waals surface area contributed by atoms with Crippen LogP contribution < -0.4 is 15.5 Å². The number of fused-ring (bicyclic) bond motifs is 1. The number of nitrogens with one attached hydrogen (secondary N) is 2. The van der Waals surface area contributed by atoms with Crippen LogP contribution in [-0.4, -0.2) is 99.1 Å². The number of hydrogen-bond donors (Lipinski definition) is 2. The molecule has 0 radical (unpaired) electrons. The zero-order valence-corrected chi connectivity index (χ0v) is 18.9. The minimum atomic E-state index is -0.256. The van der Waals surface area contributed by atoms with Crippen LogP contribution in [0.2, 0.25) is 0 Å². The molecule has 0 aliphatic carbocycles. The van der Waals surface area contributed by atoms with Crippen LogP contribution in [0.4, 0.5) is 5.69 Å². The summed E-state index contributed by atoms with van der Waals surface area (Å²) in [5, 5.41) is 6.08. The van der Waals surface area contributed by atoms with E-state index in [4.69, 9.17) is 4.74 Å². The van der Waals surface area contributed by atoms with Crippen molar-refractivity contribution < 1.29 is 19.1 Å². The third-order valence-electron chi connectivity index (χ3n) is 6.66. The molecule has 1 aromatic carbocycles. The lowest BCUT2D eigenvalue weighted by atomic mass is 10.0. The smallest absolute Gasteiger partial charge is 0.251 e. The number of carbonyl (C=O) groups is 3. The Balaban J connectivity index is 1.33. The lowest BCUT2D eigenvalue weighted by Gasteiger charge is -2.37. The van der Waals surface area contributed by atoms with Crippen LogP contribution in [0, 0.1) is 0 Å². The molecular formula is C23H33N5O4. The van der Waals surface area contributed by atoms with Gasteiger partial charge in [0.25, 0.3) is 5.91 Å². The number of nitrogens with zero attached hydrogens (tertiary/aromatic N) is 3. The minimum absolute atomic E-state index is 0.00726. The van der Waals surface area contributed by atoms with E-state index in [1.807, 2.05) is 48.2 Å². The first kappa shape index (κ1) is 22.5. The van der Waals surface area contributed by atoms with Crippen LogP contribution in [0.15, 0.2) is 24.3 Å². The Hall–Kier alpha value is -2.65. The quantitative estimate of drug-likeness (QED) is 0.646. The fourth-order valence-corrected chi connectivity index (χ4v) is 4.79. The maximum Gasteiger partial charge on any atom is 0.251 e. The zero-order chi connectivity index (χ0) is 22.7. The average molecular weight is 444 g/mol. The Bertz CT molecular complexity index is 837. The molecule has 174 valence electrons. The number of ether oxygens (including phenoxy) is 1. The molecule has 9 nitrogen and oxygen atoms in total. The number of hydrogen-bond acceptors (Lipinski definition) is 6. The van der Waals surface area contributed by atoms with Crippen LogP contribution in [0.25, 0.3) is 0 Å². The first-order chi connectivity index (χ1) is 15.4. The molecule has 4 rings (SSSR count). The molecule has 3 aliphatic heterocycles. The van der Waals surface area contributed by atoms with Gasteiger partial charge in [-0.05, 0) is 37.1 Å². The second kappa shape index (κ2) is 9.87. The standard InChI is InChI=1S/C23H33N5O4/c1-26(2)18-5-3-16(4-6-18)22(30)25-17-13-20-23(31)24-14-19(28(20)15-17)7-8-21(29)27-9-11-32-12-10-27/h3-6,17,19-20H,7-15H2,1-2H3,(H,24,31)(H,25,30). The van der Waals surface area contributed by atoms with Crippen LogP contribution in [0.5, 0.6) is 0 Å². The summed E-state index contributed by atoms with van der Waals surface area (Å²) >= 11 is 0. The molecule has 3 fully saturated rings. The Labute approximate surface area is 189 Å². The zero-order valence-electron chi connectivity index (χ0n) is 18.9. The van der Waals surface area contributed by atoms with Gasteiger partial charge in [-0.2, -0.15) is 0 Å². The summed E-state index contributed by atoms with van der Waals surface area (Å²) in [7, 11) is 3.92. The number of benzene rings is 1. The van der Waals surface area contributed by atoms with Gasteiger partial charge in [-0.15, -0.1) is 0 Å². The highest BCUT2D eigenvalue weighted by Crippen LogP contribution is 2.26. The van der Waals surface area contributed by atoms with Crippen molar-refractivity contribution >= 4 is 23.4 Å². The number of morpholine rings is 1. The fourth-order valence-electron chi connectivity index (χ4n) is 4.79. The number of anilines is 1. The molecular weight excluding hydrogens is 410 g/mol. The third kappa shape index (κ3) is 5.05. The molecule has 3 heterocycles. The summed E-state index contributed by atoms with van der Waals surface area (Å²) in [5.74, 6) is 0.0272. The molecule has 0 bridgehead atoms. The van der Waals surface area contributed by atoms with E-state index in [-0.39, 0.29) is 35.8 Å². The monoisotopic (exact) mass is 443 g/mol. The number of rotatable bonds is 6. The van der Waals surface area contributed by atoms with Crippen LogP contribution in [0.1, 0.15) is 29.6 Å². The van der Waals surface area contributed by atoms with E-state index in [0.717, 1.165) is 5.69 Å². The Morgan fingerprint density at radius 2 is 1.91 bits per heavy atom. The summed E-state index contributed by atoms with van der Waals surface area (Å²) in [6, 6.07) is 7.23. The van der Waals surface area contributed by atoms with Crippen LogP contribution in [0.3, 0.4) is 0 Å². The Morgan fingerprint density at radius 1 is 1.19 bits per heavy atom. The van der Waals surface area contributed by atoms with E-state index in [1.165, 1.54) is 0 Å². The van der Waals surface area contributed by atoms with Crippen LogP contribution in [-0.2, 0) is 14.3 Å². The molecule has 2 N–H and O–H groups in total. The SMILES string of the molecule is CN(C)c1ccc(C(=O)NC2CC3C(=O)NCC(CCC(=O)N4CCOCC4)N3C2)cc1. The highest BCUT2D eigenvalue weighted by molar-refractivity contribution is 5.95. The van der Waals surface area contributed by atoms with E-state index in [2.05, 4.69) is 15.5 Å². The second-order valence-electron chi connectivity index (χ2n) is 8.99. The molecule has 9 heteroatoms. The van der Waals surface area contributed by atoms with Gasteiger partial charge in [0, 0.05) is 70.0 Å². The molecule has 3 amide bonds. The summed E-state index contributed by atoms with van der Waals surface area (Å²) in [6.07, 6.45) is 1.74. The van der Waals surface area contributed by atoms with Crippen molar-refractivity contribution in [2.24, 2.45) is 0 Å². The van der Waals surface area contributed by atoms with Crippen molar-refractivity contribution in [3.63, 3.8) is 0 Å². The van der Waals surface area contributed by atoms with E-state index < -0.39 is 0 Å². The number of carbonyl (C=O) groups excluding carboxylic acids is 3. The lowest BCUT2D eigenvalue weighted by Crippen LogP contribution is -2.58. The van der Waals surface area contributed by atoms with E-state index >= 15 is 0 Å². The van der Waals surface area contributed by atoms with E-state index in [0.29, 0.717) is 64.2 Å². The van der Waals surface area contributed by atoms with E-state index in [9.17, 15) is 14.4 Å². The summed E-state index contributed by atoms with van der Waals surface area (Å²) in [5.41, 5.74) is 1.64. The molecule has 32 heavy (non-hydrogen) atoms. The van der Waals surface area contributed by atoms with Crippen molar-refractivity contribution in [3.8, 4) is 0 Å². The molecule has 0 aromatic heterocycles. The second-order valence-corrected chi connectivity index (χ2v) is 8.99.